The second-order valence-electron chi connectivity index (χ2n) is 7.01. The summed E-state index contributed by atoms with van der Waals surface area (Å²) in [6.07, 6.45) is 1.71. The molecule has 8 nitrogen and oxygen atoms in total. The number of carbonyl (C=O) groups is 2. The minimum Gasteiger partial charge on any atom is -0.497 e. The molecule has 0 fully saturated rings. The van der Waals surface area contributed by atoms with Crippen molar-refractivity contribution < 1.29 is 14.3 Å². The lowest BCUT2D eigenvalue weighted by molar-refractivity contribution is -0.113. The van der Waals surface area contributed by atoms with E-state index in [1.165, 1.54) is 11.8 Å². The molecule has 33 heavy (non-hydrogen) atoms. The minimum absolute atomic E-state index is 0.143. The molecule has 0 aliphatic rings. The molecule has 0 saturated carbocycles. The van der Waals surface area contributed by atoms with Crippen molar-refractivity contribution in [1.82, 2.24) is 20.1 Å². The third-order valence-electron chi connectivity index (χ3n) is 4.58. The number of methoxy groups -OCH3 is 1. The Balaban J connectivity index is 1.64. The lowest BCUT2D eigenvalue weighted by Crippen LogP contribution is -2.28. The van der Waals surface area contributed by atoms with Gasteiger partial charge in [-0.25, -0.2) is 0 Å². The van der Waals surface area contributed by atoms with Crippen molar-refractivity contribution in [3.63, 3.8) is 0 Å². The molecule has 2 N–H and O–H groups in total. The van der Waals surface area contributed by atoms with Crippen LogP contribution in [0.3, 0.4) is 0 Å². The summed E-state index contributed by atoms with van der Waals surface area (Å²) in [5.41, 5.74) is 1.13. The van der Waals surface area contributed by atoms with Crippen LogP contribution in [0, 0.1) is 0 Å². The maximum atomic E-state index is 12.6. The highest BCUT2D eigenvalue weighted by molar-refractivity contribution is 7.99. The quantitative estimate of drug-likeness (QED) is 0.327. The molecule has 1 aromatic heterocycles. The van der Waals surface area contributed by atoms with Crippen LogP contribution < -0.4 is 15.4 Å². The lowest BCUT2D eigenvalue weighted by Gasteiger charge is -2.15. The molecule has 0 bridgehead atoms. The van der Waals surface area contributed by atoms with Crippen LogP contribution in [0.25, 0.3) is 0 Å². The first kappa shape index (κ1) is 24.3. The number of anilines is 1. The van der Waals surface area contributed by atoms with Gasteiger partial charge >= 0.3 is 0 Å². The van der Waals surface area contributed by atoms with Crippen molar-refractivity contribution in [2.45, 2.75) is 24.7 Å². The number of nitrogens with one attached hydrogen (secondary N) is 2. The number of ether oxygens (including phenoxy) is 1. The fourth-order valence-electron chi connectivity index (χ4n) is 3.00. The van der Waals surface area contributed by atoms with Crippen LogP contribution in [0.1, 0.15) is 29.1 Å². The van der Waals surface area contributed by atoms with Crippen LogP contribution in [0.5, 0.6) is 5.75 Å². The maximum absolute atomic E-state index is 12.6. The molecular weight excluding hydrogens is 462 g/mol. The molecule has 0 spiro atoms. The molecule has 3 rings (SSSR count). The molecule has 0 saturated heterocycles. The third-order valence-corrected chi connectivity index (χ3v) is 5.79. The van der Waals surface area contributed by atoms with Crippen molar-refractivity contribution in [1.29, 1.82) is 0 Å². The van der Waals surface area contributed by atoms with Crippen molar-refractivity contribution in [3.05, 3.63) is 77.6 Å². The Labute approximate surface area is 201 Å². The predicted octanol–water partition coefficient (Wildman–Crippen LogP) is 4.35. The Hall–Kier alpha value is -3.30. The molecule has 2 amide bonds. The molecule has 1 atom stereocenters. The zero-order valence-electron chi connectivity index (χ0n) is 18.2. The van der Waals surface area contributed by atoms with E-state index in [1.54, 1.807) is 61.7 Å². The van der Waals surface area contributed by atoms with Crippen LogP contribution >= 0.6 is 23.4 Å². The molecule has 0 aliphatic carbocycles. The van der Waals surface area contributed by atoms with E-state index < -0.39 is 6.04 Å². The van der Waals surface area contributed by atoms with Crippen molar-refractivity contribution in [3.8, 4) is 5.75 Å². The third kappa shape index (κ3) is 6.59. The summed E-state index contributed by atoms with van der Waals surface area (Å²) in [4.78, 5) is 24.9. The lowest BCUT2D eigenvalue weighted by atomic mass is 10.2. The van der Waals surface area contributed by atoms with Gasteiger partial charge in [0, 0.05) is 22.8 Å². The van der Waals surface area contributed by atoms with Crippen molar-refractivity contribution >= 4 is 40.9 Å². The van der Waals surface area contributed by atoms with E-state index >= 15 is 0 Å². The van der Waals surface area contributed by atoms with Gasteiger partial charge in [-0.15, -0.1) is 16.8 Å². The SMILES string of the molecule is C=CCn1c(SCC(=O)Nc2ccc(OC)cc2)nnc1C(C)NC(=O)c1cccc(Cl)c1. The first-order chi connectivity index (χ1) is 15.9. The van der Waals surface area contributed by atoms with E-state index in [0.717, 1.165) is 0 Å². The smallest absolute Gasteiger partial charge is 0.251 e. The van der Waals surface area contributed by atoms with Gasteiger partial charge in [0.1, 0.15) is 5.75 Å². The van der Waals surface area contributed by atoms with Crippen LogP contribution in [-0.4, -0.2) is 39.4 Å². The molecule has 1 heterocycles. The number of benzene rings is 2. The molecule has 172 valence electrons. The Morgan fingerprint density at radius 2 is 2.00 bits per heavy atom. The number of thioether (sulfide) groups is 1. The van der Waals surface area contributed by atoms with E-state index in [2.05, 4.69) is 27.4 Å². The van der Waals surface area contributed by atoms with Crippen LogP contribution in [0.2, 0.25) is 5.02 Å². The highest BCUT2D eigenvalue weighted by atomic mass is 35.5. The van der Waals surface area contributed by atoms with Gasteiger partial charge in [-0.3, -0.25) is 9.59 Å². The van der Waals surface area contributed by atoms with Gasteiger partial charge in [0.15, 0.2) is 11.0 Å². The van der Waals surface area contributed by atoms with E-state index in [4.69, 9.17) is 16.3 Å². The molecule has 1 unspecified atom stereocenters. The molecule has 0 aliphatic heterocycles. The van der Waals surface area contributed by atoms with Gasteiger partial charge in [-0.2, -0.15) is 0 Å². The van der Waals surface area contributed by atoms with Crippen molar-refractivity contribution in [2.24, 2.45) is 0 Å². The van der Waals surface area contributed by atoms with Crippen LogP contribution in [0.15, 0.2) is 66.3 Å². The van der Waals surface area contributed by atoms with Crippen LogP contribution in [0.4, 0.5) is 5.69 Å². The summed E-state index contributed by atoms with van der Waals surface area (Å²) < 4.78 is 6.94. The Morgan fingerprint density at radius 1 is 1.24 bits per heavy atom. The molecule has 10 heteroatoms. The summed E-state index contributed by atoms with van der Waals surface area (Å²) in [6, 6.07) is 13.4. The summed E-state index contributed by atoms with van der Waals surface area (Å²) >= 11 is 7.23. The Kier molecular flexibility index (Phi) is 8.51. The highest BCUT2D eigenvalue weighted by Gasteiger charge is 2.20. The zero-order chi connectivity index (χ0) is 23.8. The fourth-order valence-corrected chi connectivity index (χ4v) is 3.95. The zero-order valence-corrected chi connectivity index (χ0v) is 19.8. The Bertz CT molecular complexity index is 1130. The standard InChI is InChI=1S/C23H24ClN5O3S/c1-4-12-29-21(15(2)25-22(31)16-6-5-7-17(24)13-16)27-28-23(29)33-14-20(30)26-18-8-10-19(32-3)11-9-18/h4-11,13,15H,1,12,14H2,2-3H3,(H,25,31)(H,26,30). The number of hydrogen-bond donors (Lipinski definition) is 2. The second-order valence-corrected chi connectivity index (χ2v) is 8.39. The first-order valence-corrected chi connectivity index (χ1v) is 11.4. The van der Waals surface area contributed by atoms with E-state index in [1.807, 2.05) is 11.5 Å². The highest BCUT2D eigenvalue weighted by Crippen LogP contribution is 2.22. The monoisotopic (exact) mass is 485 g/mol. The number of allylic oxidation sites excluding steroid dienone is 1. The average Bonchev–Trinajstić information content (AvgIpc) is 3.21. The molecular formula is C23H24ClN5O3S. The molecule has 2 aromatic carbocycles. The van der Waals surface area contributed by atoms with Crippen molar-refractivity contribution in [2.75, 3.05) is 18.2 Å². The molecule has 0 radical (unpaired) electrons. The van der Waals surface area contributed by atoms with Gasteiger partial charge in [-0.1, -0.05) is 35.5 Å². The number of aromatic nitrogens is 3. The second kappa shape index (κ2) is 11.5. The number of carbonyl (C=O) groups excluding carboxylic acids is 2. The van der Waals surface area contributed by atoms with E-state index in [0.29, 0.717) is 39.5 Å². The average molecular weight is 486 g/mol. The number of rotatable bonds is 10. The summed E-state index contributed by atoms with van der Waals surface area (Å²) in [5.74, 6) is 0.964. The minimum atomic E-state index is -0.425. The molecule has 3 aromatic rings. The predicted molar refractivity (Wildman–Crippen MR) is 130 cm³/mol. The van der Waals surface area contributed by atoms with Gasteiger partial charge in [0.25, 0.3) is 5.91 Å². The normalized spacial score (nSPS) is 11.5. The van der Waals surface area contributed by atoms with E-state index in [9.17, 15) is 9.59 Å². The van der Waals surface area contributed by atoms with E-state index in [-0.39, 0.29) is 17.6 Å². The van der Waals surface area contributed by atoms with Gasteiger partial charge in [0.05, 0.1) is 18.9 Å². The maximum Gasteiger partial charge on any atom is 0.251 e. The van der Waals surface area contributed by atoms with Gasteiger partial charge in [-0.05, 0) is 49.4 Å². The summed E-state index contributed by atoms with van der Waals surface area (Å²) in [6.45, 7) is 6.03. The number of nitrogens with zero attached hydrogens (tertiary/aromatic N) is 3. The number of hydrogen-bond acceptors (Lipinski definition) is 6. The Morgan fingerprint density at radius 3 is 2.67 bits per heavy atom. The summed E-state index contributed by atoms with van der Waals surface area (Å²) in [7, 11) is 1.58. The summed E-state index contributed by atoms with van der Waals surface area (Å²) in [5, 5.41) is 15.2. The fraction of sp³-hybridized carbons (Fsp3) is 0.217. The van der Waals surface area contributed by atoms with Gasteiger partial charge < -0.3 is 19.9 Å². The largest absolute Gasteiger partial charge is 0.497 e. The van der Waals surface area contributed by atoms with Crippen LogP contribution in [-0.2, 0) is 11.3 Å². The first-order valence-electron chi connectivity index (χ1n) is 10.1. The number of amides is 2. The topological polar surface area (TPSA) is 98.1 Å². The van der Waals surface area contributed by atoms with Gasteiger partial charge in [0.2, 0.25) is 5.91 Å². The number of halogens is 1.